The third-order valence-corrected chi connectivity index (χ3v) is 2.46. The molecule has 0 radical (unpaired) electrons. The second-order valence-electron chi connectivity index (χ2n) is 3.64. The summed E-state index contributed by atoms with van der Waals surface area (Å²) < 4.78 is 5.33. The summed E-state index contributed by atoms with van der Waals surface area (Å²) in [5.74, 6) is 0.946. The predicted molar refractivity (Wildman–Crippen MR) is 57.3 cm³/mol. The van der Waals surface area contributed by atoms with Crippen molar-refractivity contribution < 1.29 is 4.42 Å². The molecule has 0 bridgehead atoms. The lowest BCUT2D eigenvalue weighted by Crippen LogP contribution is -2.22. The van der Waals surface area contributed by atoms with E-state index < -0.39 is 0 Å². The monoisotopic (exact) mass is 205 g/mol. The van der Waals surface area contributed by atoms with Crippen molar-refractivity contribution in [2.24, 2.45) is 0 Å². The molecule has 0 saturated carbocycles. The fourth-order valence-electron chi connectivity index (χ4n) is 1.59. The summed E-state index contributed by atoms with van der Waals surface area (Å²) in [6, 6.07) is 6.25. The number of aromatic amines is 1. The SMILES string of the molecule is CC(NC(C)c1ccco1)c1ccn[nH]1. The van der Waals surface area contributed by atoms with E-state index in [0.717, 1.165) is 11.5 Å². The van der Waals surface area contributed by atoms with Crippen molar-refractivity contribution in [1.82, 2.24) is 15.5 Å². The lowest BCUT2D eigenvalue weighted by atomic mass is 10.2. The van der Waals surface area contributed by atoms with Gasteiger partial charge in [0.1, 0.15) is 5.76 Å². The van der Waals surface area contributed by atoms with Crippen molar-refractivity contribution in [3.63, 3.8) is 0 Å². The molecule has 80 valence electrons. The van der Waals surface area contributed by atoms with Gasteiger partial charge < -0.3 is 4.42 Å². The van der Waals surface area contributed by atoms with Crippen molar-refractivity contribution in [2.75, 3.05) is 0 Å². The van der Waals surface area contributed by atoms with Crippen LogP contribution in [0.3, 0.4) is 0 Å². The Hall–Kier alpha value is -1.55. The largest absolute Gasteiger partial charge is 0.468 e. The molecular weight excluding hydrogens is 190 g/mol. The van der Waals surface area contributed by atoms with Gasteiger partial charge in [0.15, 0.2) is 0 Å². The molecule has 0 aliphatic carbocycles. The average Bonchev–Trinajstić information content (AvgIpc) is 2.91. The van der Waals surface area contributed by atoms with E-state index in [4.69, 9.17) is 4.42 Å². The van der Waals surface area contributed by atoms with Crippen LogP contribution in [0.2, 0.25) is 0 Å². The van der Waals surface area contributed by atoms with E-state index in [0.29, 0.717) is 0 Å². The second kappa shape index (κ2) is 4.31. The Morgan fingerprint density at radius 3 is 2.80 bits per heavy atom. The van der Waals surface area contributed by atoms with Crippen LogP contribution in [0.15, 0.2) is 35.1 Å². The van der Waals surface area contributed by atoms with Gasteiger partial charge in [-0.05, 0) is 32.0 Å². The fourth-order valence-corrected chi connectivity index (χ4v) is 1.59. The third-order valence-electron chi connectivity index (χ3n) is 2.46. The molecule has 4 nitrogen and oxygen atoms in total. The van der Waals surface area contributed by atoms with Crippen LogP contribution >= 0.6 is 0 Å². The standard InChI is InChI=1S/C11H15N3O/c1-8(10-5-6-12-14-10)13-9(2)11-4-3-7-15-11/h3-9,13H,1-2H3,(H,12,14). The first-order chi connectivity index (χ1) is 7.27. The number of nitrogens with zero attached hydrogens (tertiary/aromatic N) is 1. The number of H-pyrrole nitrogens is 1. The van der Waals surface area contributed by atoms with Crippen molar-refractivity contribution in [2.45, 2.75) is 25.9 Å². The minimum atomic E-state index is 0.193. The minimum absolute atomic E-state index is 0.193. The molecule has 0 aliphatic rings. The van der Waals surface area contributed by atoms with Gasteiger partial charge >= 0.3 is 0 Å². The highest BCUT2D eigenvalue weighted by molar-refractivity contribution is 5.07. The Bertz CT molecular complexity index is 342. The van der Waals surface area contributed by atoms with Gasteiger partial charge in [0.2, 0.25) is 0 Å². The van der Waals surface area contributed by atoms with E-state index in [-0.39, 0.29) is 12.1 Å². The number of rotatable bonds is 4. The lowest BCUT2D eigenvalue weighted by Gasteiger charge is -2.16. The number of nitrogens with one attached hydrogen (secondary N) is 2. The molecule has 15 heavy (non-hydrogen) atoms. The number of hydrogen-bond acceptors (Lipinski definition) is 3. The average molecular weight is 205 g/mol. The second-order valence-corrected chi connectivity index (χ2v) is 3.64. The first kappa shape index (κ1) is 9.98. The van der Waals surface area contributed by atoms with Crippen LogP contribution in [-0.4, -0.2) is 10.2 Å². The van der Waals surface area contributed by atoms with Crippen LogP contribution in [0.25, 0.3) is 0 Å². The zero-order chi connectivity index (χ0) is 10.7. The fraction of sp³-hybridized carbons (Fsp3) is 0.364. The van der Waals surface area contributed by atoms with E-state index >= 15 is 0 Å². The van der Waals surface area contributed by atoms with E-state index in [9.17, 15) is 0 Å². The Labute approximate surface area is 88.7 Å². The summed E-state index contributed by atoms with van der Waals surface area (Å²) >= 11 is 0. The maximum Gasteiger partial charge on any atom is 0.120 e. The number of aromatic nitrogens is 2. The van der Waals surface area contributed by atoms with Crippen LogP contribution in [-0.2, 0) is 0 Å². The quantitative estimate of drug-likeness (QED) is 0.805. The highest BCUT2D eigenvalue weighted by Crippen LogP contribution is 2.17. The van der Waals surface area contributed by atoms with Gasteiger partial charge in [-0.1, -0.05) is 0 Å². The molecule has 0 spiro atoms. The van der Waals surface area contributed by atoms with E-state index in [1.54, 1.807) is 12.5 Å². The Morgan fingerprint density at radius 2 is 2.20 bits per heavy atom. The van der Waals surface area contributed by atoms with Gasteiger partial charge in [0.05, 0.1) is 18.0 Å². The molecule has 0 fully saturated rings. The molecule has 0 aliphatic heterocycles. The Balaban J connectivity index is 1.98. The van der Waals surface area contributed by atoms with Crippen LogP contribution in [0, 0.1) is 0 Å². The highest BCUT2D eigenvalue weighted by Gasteiger charge is 2.13. The van der Waals surface area contributed by atoms with Crippen molar-refractivity contribution >= 4 is 0 Å². The first-order valence-electron chi connectivity index (χ1n) is 5.06. The normalized spacial score (nSPS) is 15.1. The molecule has 2 aromatic rings. The lowest BCUT2D eigenvalue weighted by molar-refractivity contribution is 0.399. The first-order valence-corrected chi connectivity index (χ1v) is 5.06. The molecule has 0 amide bonds. The van der Waals surface area contributed by atoms with Crippen molar-refractivity contribution in [1.29, 1.82) is 0 Å². The molecule has 2 unspecified atom stereocenters. The maximum atomic E-state index is 5.33. The topological polar surface area (TPSA) is 53.9 Å². The summed E-state index contributed by atoms with van der Waals surface area (Å²) in [4.78, 5) is 0. The number of furan rings is 1. The smallest absolute Gasteiger partial charge is 0.120 e. The molecule has 2 rings (SSSR count). The zero-order valence-electron chi connectivity index (χ0n) is 8.90. The molecule has 4 heteroatoms. The van der Waals surface area contributed by atoms with E-state index in [1.807, 2.05) is 18.2 Å². The molecule has 2 atom stereocenters. The van der Waals surface area contributed by atoms with Crippen LogP contribution in [0.1, 0.15) is 37.4 Å². The molecule has 0 aromatic carbocycles. The van der Waals surface area contributed by atoms with Crippen molar-refractivity contribution in [3.05, 3.63) is 42.1 Å². The summed E-state index contributed by atoms with van der Waals surface area (Å²) in [5.41, 5.74) is 1.08. The van der Waals surface area contributed by atoms with Crippen LogP contribution < -0.4 is 5.32 Å². The molecule has 0 saturated heterocycles. The van der Waals surface area contributed by atoms with Gasteiger partial charge in [-0.2, -0.15) is 5.10 Å². The van der Waals surface area contributed by atoms with Gasteiger partial charge in [-0.25, -0.2) is 0 Å². The molecule has 2 N–H and O–H groups in total. The van der Waals surface area contributed by atoms with Gasteiger partial charge in [0, 0.05) is 12.2 Å². The Morgan fingerprint density at radius 1 is 1.33 bits per heavy atom. The van der Waals surface area contributed by atoms with Crippen LogP contribution in [0.5, 0.6) is 0 Å². The van der Waals surface area contributed by atoms with E-state index in [2.05, 4.69) is 29.4 Å². The van der Waals surface area contributed by atoms with Crippen LogP contribution in [0.4, 0.5) is 0 Å². The predicted octanol–water partition coefficient (Wildman–Crippen LogP) is 2.41. The maximum absolute atomic E-state index is 5.33. The molecule has 2 aromatic heterocycles. The van der Waals surface area contributed by atoms with Gasteiger partial charge in [-0.15, -0.1) is 0 Å². The number of hydrogen-bond donors (Lipinski definition) is 2. The zero-order valence-corrected chi connectivity index (χ0v) is 8.90. The summed E-state index contributed by atoms with van der Waals surface area (Å²) in [5, 5.41) is 10.3. The molecule has 2 heterocycles. The van der Waals surface area contributed by atoms with Crippen molar-refractivity contribution in [3.8, 4) is 0 Å². The van der Waals surface area contributed by atoms with Gasteiger partial charge in [-0.3, -0.25) is 10.4 Å². The third kappa shape index (κ3) is 2.27. The highest BCUT2D eigenvalue weighted by atomic mass is 16.3. The molecular formula is C11H15N3O. The summed E-state index contributed by atoms with van der Waals surface area (Å²) in [6.45, 7) is 4.17. The van der Waals surface area contributed by atoms with Gasteiger partial charge in [0.25, 0.3) is 0 Å². The van der Waals surface area contributed by atoms with E-state index in [1.165, 1.54) is 0 Å². The Kier molecular flexibility index (Phi) is 2.87. The minimum Gasteiger partial charge on any atom is -0.468 e. The summed E-state index contributed by atoms with van der Waals surface area (Å²) in [6.07, 6.45) is 3.44. The summed E-state index contributed by atoms with van der Waals surface area (Å²) in [7, 11) is 0.